The number of nitrogens with zero attached hydrogens (tertiary/aromatic N) is 4. The van der Waals surface area contributed by atoms with Gasteiger partial charge in [0, 0.05) is 58.3 Å². The standard InChI is InChI=1S/C20H36N4O2/c1-16(22-11-9-21(4)10-12-22)17-5-7-23(8-6-17)19(26)14-24-15-20(2,3)13-18(24)25/h16-17H,5-15H2,1-4H3. The Morgan fingerprint density at radius 3 is 2.27 bits per heavy atom. The maximum Gasteiger partial charge on any atom is 0.242 e. The highest BCUT2D eigenvalue weighted by atomic mass is 16.2. The van der Waals surface area contributed by atoms with Crippen molar-refractivity contribution in [3.05, 3.63) is 0 Å². The van der Waals surface area contributed by atoms with Crippen LogP contribution in [-0.2, 0) is 9.59 Å². The average molecular weight is 365 g/mol. The lowest BCUT2D eigenvalue weighted by molar-refractivity contribution is -0.139. The van der Waals surface area contributed by atoms with Gasteiger partial charge in [-0.1, -0.05) is 13.8 Å². The zero-order valence-corrected chi connectivity index (χ0v) is 17.0. The van der Waals surface area contributed by atoms with Gasteiger partial charge in [0.15, 0.2) is 0 Å². The molecule has 148 valence electrons. The van der Waals surface area contributed by atoms with Crippen LogP contribution in [0.3, 0.4) is 0 Å². The minimum absolute atomic E-state index is 0.00228. The summed E-state index contributed by atoms with van der Waals surface area (Å²) < 4.78 is 0. The Bertz CT molecular complexity index is 520. The SMILES string of the molecule is CC(C1CCN(C(=O)CN2CC(C)(C)CC2=O)CC1)N1CCN(C)CC1. The van der Waals surface area contributed by atoms with Gasteiger partial charge in [-0.2, -0.15) is 0 Å². The molecule has 0 aliphatic carbocycles. The maximum atomic E-state index is 12.6. The monoisotopic (exact) mass is 364 g/mol. The van der Waals surface area contributed by atoms with Crippen LogP contribution in [0, 0.1) is 11.3 Å². The van der Waals surface area contributed by atoms with E-state index in [0.29, 0.717) is 24.9 Å². The first-order valence-electron chi connectivity index (χ1n) is 10.2. The predicted octanol–water partition coefficient (Wildman–Crippen LogP) is 1.12. The Morgan fingerprint density at radius 2 is 1.73 bits per heavy atom. The Labute approximate surface area is 158 Å². The Kier molecular flexibility index (Phi) is 5.92. The molecule has 0 bridgehead atoms. The van der Waals surface area contributed by atoms with E-state index in [-0.39, 0.29) is 23.8 Å². The molecule has 0 aromatic carbocycles. The zero-order chi connectivity index (χ0) is 18.9. The number of hydrogen-bond donors (Lipinski definition) is 0. The fourth-order valence-electron chi connectivity index (χ4n) is 4.75. The second-order valence-corrected chi connectivity index (χ2v) is 9.39. The lowest BCUT2D eigenvalue weighted by Crippen LogP contribution is -2.52. The van der Waals surface area contributed by atoms with Crippen LogP contribution in [0.2, 0.25) is 0 Å². The Balaban J connectivity index is 1.44. The molecule has 0 saturated carbocycles. The van der Waals surface area contributed by atoms with Crippen LogP contribution < -0.4 is 0 Å². The summed E-state index contributed by atoms with van der Waals surface area (Å²) in [6.45, 7) is 13.8. The van der Waals surface area contributed by atoms with Crippen LogP contribution in [0.15, 0.2) is 0 Å². The third kappa shape index (κ3) is 4.58. The first kappa shape index (κ1) is 19.6. The van der Waals surface area contributed by atoms with Crippen molar-refractivity contribution in [3.63, 3.8) is 0 Å². The number of hydrogen-bond acceptors (Lipinski definition) is 4. The van der Waals surface area contributed by atoms with Crippen molar-refractivity contribution in [3.8, 4) is 0 Å². The summed E-state index contributed by atoms with van der Waals surface area (Å²) in [6.07, 6.45) is 2.72. The number of amides is 2. The van der Waals surface area contributed by atoms with Gasteiger partial charge in [0.1, 0.15) is 0 Å². The fraction of sp³-hybridized carbons (Fsp3) is 0.900. The molecule has 26 heavy (non-hydrogen) atoms. The van der Waals surface area contributed by atoms with E-state index in [1.165, 1.54) is 0 Å². The molecule has 3 fully saturated rings. The number of carbonyl (C=O) groups is 2. The smallest absolute Gasteiger partial charge is 0.242 e. The van der Waals surface area contributed by atoms with Gasteiger partial charge in [0.2, 0.25) is 11.8 Å². The van der Waals surface area contributed by atoms with E-state index in [2.05, 4.69) is 37.6 Å². The van der Waals surface area contributed by atoms with Crippen molar-refractivity contribution in [2.24, 2.45) is 11.3 Å². The number of carbonyl (C=O) groups excluding carboxylic acids is 2. The molecule has 0 radical (unpaired) electrons. The van der Waals surface area contributed by atoms with Gasteiger partial charge in [-0.15, -0.1) is 0 Å². The van der Waals surface area contributed by atoms with Crippen LogP contribution in [0.1, 0.15) is 40.0 Å². The molecule has 0 N–H and O–H groups in total. The largest absolute Gasteiger partial charge is 0.341 e. The molecule has 2 amide bonds. The molecular weight excluding hydrogens is 328 g/mol. The lowest BCUT2D eigenvalue weighted by Gasteiger charge is -2.42. The Hall–Kier alpha value is -1.14. The molecule has 3 aliphatic heterocycles. The van der Waals surface area contributed by atoms with E-state index in [1.54, 1.807) is 4.90 Å². The molecule has 0 aromatic heterocycles. The third-order valence-electron chi connectivity index (χ3n) is 6.62. The molecule has 1 atom stereocenters. The highest BCUT2D eigenvalue weighted by Gasteiger charge is 2.37. The van der Waals surface area contributed by atoms with Crippen molar-refractivity contribution < 1.29 is 9.59 Å². The van der Waals surface area contributed by atoms with Crippen LogP contribution in [0.4, 0.5) is 0 Å². The molecule has 6 nitrogen and oxygen atoms in total. The van der Waals surface area contributed by atoms with Crippen LogP contribution in [-0.4, -0.2) is 96.9 Å². The van der Waals surface area contributed by atoms with Gasteiger partial charge >= 0.3 is 0 Å². The fourth-order valence-corrected chi connectivity index (χ4v) is 4.75. The van der Waals surface area contributed by atoms with Gasteiger partial charge in [-0.25, -0.2) is 0 Å². The molecule has 6 heteroatoms. The summed E-state index contributed by atoms with van der Waals surface area (Å²) in [4.78, 5) is 33.5. The topological polar surface area (TPSA) is 47.1 Å². The molecule has 3 saturated heterocycles. The summed E-state index contributed by atoms with van der Waals surface area (Å²) in [5.41, 5.74) is 0.00228. The number of piperazine rings is 1. The van der Waals surface area contributed by atoms with Crippen molar-refractivity contribution in [1.82, 2.24) is 19.6 Å². The van der Waals surface area contributed by atoms with Crippen LogP contribution in [0.5, 0.6) is 0 Å². The number of likely N-dealkylation sites (N-methyl/N-ethyl adjacent to an activating group) is 1. The molecule has 0 aromatic rings. The normalized spacial score (nSPS) is 27.2. The van der Waals surface area contributed by atoms with E-state index < -0.39 is 0 Å². The van der Waals surface area contributed by atoms with Crippen molar-refractivity contribution in [1.29, 1.82) is 0 Å². The van der Waals surface area contributed by atoms with Gasteiger partial charge in [0.25, 0.3) is 0 Å². The summed E-state index contributed by atoms with van der Waals surface area (Å²) in [5.74, 6) is 0.929. The Morgan fingerprint density at radius 1 is 1.12 bits per heavy atom. The number of piperidine rings is 1. The highest BCUT2D eigenvalue weighted by Crippen LogP contribution is 2.30. The van der Waals surface area contributed by atoms with Gasteiger partial charge in [-0.3, -0.25) is 14.5 Å². The summed E-state index contributed by atoms with van der Waals surface area (Å²) >= 11 is 0. The maximum absolute atomic E-state index is 12.6. The second-order valence-electron chi connectivity index (χ2n) is 9.39. The van der Waals surface area contributed by atoms with Crippen molar-refractivity contribution in [2.45, 2.75) is 46.1 Å². The summed E-state index contributed by atoms with van der Waals surface area (Å²) in [7, 11) is 2.19. The average Bonchev–Trinajstić information content (AvgIpc) is 2.86. The number of rotatable bonds is 4. The van der Waals surface area contributed by atoms with Gasteiger partial charge in [0.05, 0.1) is 6.54 Å². The zero-order valence-electron chi connectivity index (χ0n) is 17.0. The van der Waals surface area contributed by atoms with Crippen molar-refractivity contribution in [2.75, 3.05) is 59.4 Å². The minimum atomic E-state index is 0.00228. The lowest BCUT2D eigenvalue weighted by atomic mass is 9.89. The van der Waals surface area contributed by atoms with E-state index in [9.17, 15) is 9.59 Å². The second kappa shape index (κ2) is 7.85. The molecule has 3 aliphatic rings. The third-order valence-corrected chi connectivity index (χ3v) is 6.62. The van der Waals surface area contributed by atoms with E-state index in [1.807, 2.05) is 4.90 Å². The molecular formula is C20H36N4O2. The van der Waals surface area contributed by atoms with Gasteiger partial charge in [-0.05, 0) is 38.1 Å². The van der Waals surface area contributed by atoms with Crippen LogP contribution in [0.25, 0.3) is 0 Å². The molecule has 0 spiro atoms. The number of likely N-dealkylation sites (tertiary alicyclic amines) is 2. The van der Waals surface area contributed by atoms with E-state index >= 15 is 0 Å². The minimum Gasteiger partial charge on any atom is -0.341 e. The molecule has 1 unspecified atom stereocenters. The first-order valence-corrected chi connectivity index (χ1v) is 10.2. The predicted molar refractivity (Wildman–Crippen MR) is 103 cm³/mol. The highest BCUT2D eigenvalue weighted by molar-refractivity contribution is 5.86. The van der Waals surface area contributed by atoms with E-state index in [4.69, 9.17) is 0 Å². The summed E-state index contributed by atoms with van der Waals surface area (Å²) in [6, 6.07) is 0.599. The summed E-state index contributed by atoms with van der Waals surface area (Å²) in [5, 5.41) is 0. The quantitative estimate of drug-likeness (QED) is 0.750. The van der Waals surface area contributed by atoms with Crippen LogP contribution >= 0.6 is 0 Å². The van der Waals surface area contributed by atoms with E-state index in [0.717, 1.165) is 52.1 Å². The molecule has 3 rings (SSSR count). The van der Waals surface area contributed by atoms with Crippen molar-refractivity contribution >= 4 is 11.8 Å². The molecule has 3 heterocycles. The van der Waals surface area contributed by atoms with Gasteiger partial charge < -0.3 is 14.7 Å². The first-order chi connectivity index (χ1) is 12.2.